The quantitative estimate of drug-likeness (QED) is 0.929. The zero-order valence-corrected chi connectivity index (χ0v) is 12.1. The molecule has 0 bridgehead atoms. The van der Waals surface area contributed by atoms with Crippen molar-refractivity contribution >= 4 is 15.9 Å². The van der Waals surface area contributed by atoms with E-state index in [0.29, 0.717) is 21.5 Å². The molecule has 1 heterocycles. The van der Waals surface area contributed by atoms with Crippen LogP contribution in [-0.4, -0.2) is 27.3 Å². The number of piperidine rings is 1. The van der Waals surface area contributed by atoms with Crippen LogP contribution in [0.3, 0.4) is 0 Å². The van der Waals surface area contributed by atoms with Gasteiger partial charge in [0.1, 0.15) is 5.82 Å². The van der Waals surface area contributed by atoms with Gasteiger partial charge in [0.2, 0.25) is 0 Å². The van der Waals surface area contributed by atoms with Crippen LogP contribution in [0.15, 0.2) is 10.5 Å². The zero-order valence-electron chi connectivity index (χ0n) is 10.6. The van der Waals surface area contributed by atoms with Crippen LogP contribution in [0.5, 0.6) is 11.5 Å². The maximum atomic E-state index is 14.2. The third-order valence-corrected chi connectivity index (χ3v) is 3.92. The van der Waals surface area contributed by atoms with Gasteiger partial charge in [-0.2, -0.15) is 0 Å². The Morgan fingerprint density at radius 3 is 2.39 bits per heavy atom. The van der Waals surface area contributed by atoms with Gasteiger partial charge in [-0.05, 0) is 53.8 Å². The van der Waals surface area contributed by atoms with Gasteiger partial charge in [0.25, 0.3) is 0 Å². The van der Waals surface area contributed by atoms with Gasteiger partial charge in [0.15, 0.2) is 11.5 Å². The fourth-order valence-corrected chi connectivity index (χ4v) is 3.02. The molecule has 0 radical (unpaired) electrons. The summed E-state index contributed by atoms with van der Waals surface area (Å²) in [5.41, 5.74) is 0.638. The summed E-state index contributed by atoms with van der Waals surface area (Å²) in [4.78, 5) is 0. The maximum absolute atomic E-state index is 14.2. The van der Waals surface area contributed by atoms with Crippen LogP contribution < -0.4 is 14.8 Å². The van der Waals surface area contributed by atoms with Crippen molar-refractivity contribution in [1.29, 1.82) is 0 Å². The second-order valence-corrected chi connectivity index (χ2v) is 5.20. The third kappa shape index (κ3) is 2.47. The van der Waals surface area contributed by atoms with Crippen molar-refractivity contribution in [2.24, 2.45) is 0 Å². The molecule has 0 saturated carbocycles. The van der Waals surface area contributed by atoms with Crippen molar-refractivity contribution in [3.63, 3.8) is 0 Å². The normalized spacial score (nSPS) is 16.7. The minimum Gasteiger partial charge on any atom is -0.492 e. The smallest absolute Gasteiger partial charge is 0.175 e. The summed E-state index contributed by atoms with van der Waals surface area (Å²) in [6.07, 6.45) is 1.83. The third-order valence-electron chi connectivity index (χ3n) is 3.33. The van der Waals surface area contributed by atoms with Crippen LogP contribution in [0.1, 0.15) is 24.3 Å². The lowest BCUT2D eigenvalue weighted by molar-refractivity contribution is 0.337. The molecule has 100 valence electrons. The zero-order chi connectivity index (χ0) is 13.1. The average molecular weight is 318 g/mol. The van der Waals surface area contributed by atoms with Crippen molar-refractivity contribution in [2.45, 2.75) is 18.8 Å². The van der Waals surface area contributed by atoms with Crippen LogP contribution in [-0.2, 0) is 0 Å². The molecule has 1 aromatic carbocycles. The summed E-state index contributed by atoms with van der Waals surface area (Å²) >= 11 is 3.30. The molecular weight excluding hydrogens is 301 g/mol. The summed E-state index contributed by atoms with van der Waals surface area (Å²) < 4.78 is 25.5. The highest BCUT2D eigenvalue weighted by Gasteiger charge is 2.26. The molecule has 0 amide bonds. The lowest BCUT2D eigenvalue weighted by Crippen LogP contribution is -2.27. The van der Waals surface area contributed by atoms with Crippen molar-refractivity contribution < 1.29 is 13.9 Å². The number of halogens is 2. The first-order valence-corrected chi connectivity index (χ1v) is 6.79. The Morgan fingerprint density at radius 2 is 1.83 bits per heavy atom. The number of methoxy groups -OCH3 is 2. The van der Waals surface area contributed by atoms with Crippen LogP contribution in [0.4, 0.5) is 4.39 Å². The Morgan fingerprint density at radius 1 is 1.22 bits per heavy atom. The van der Waals surface area contributed by atoms with E-state index in [1.165, 1.54) is 6.07 Å². The predicted octanol–water partition coefficient (Wildman–Crippen LogP) is 3.07. The standard InChI is InChI=1S/C13H17BrFNO2/c1-17-12-9(14)7-10(15)11(13(12)18-2)8-3-5-16-6-4-8/h7-8,16H,3-6H2,1-2H3. The molecule has 1 aliphatic heterocycles. The van der Waals surface area contributed by atoms with Gasteiger partial charge in [-0.1, -0.05) is 0 Å². The summed E-state index contributed by atoms with van der Waals surface area (Å²) in [5, 5.41) is 3.28. The second kappa shape index (κ2) is 5.89. The van der Waals surface area contributed by atoms with Crippen molar-refractivity contribution in [1.82, 2.24) is 5.32 Å². The van der Waals surface area contributed by atoms with Gasteiger partial charge in [-0.3, -0.25) is 0 Å². The summed E-state index contributed by atoms with van der Waals surface area (Å²) in [7, 11) is 3.11. The molecule has 2 rings (SSSR count). The van der Waals surface area contributed by atoms with Crippen LogP contribution >= 0.6 is 15.9 Å². The Labute approximate surface area is 115 Å². The first kappa shape index (κ1) is 13.6. The van der Waals surface area contributed by atoms with Gasteiger partial charge in [-0.25, -0.2) is 4.39 Å². The highest BCUT2D eigenvalue weighted by molar-refractivity contribution is 9.10. The maximum Gasteiger partial charge on any atom is 0.175 e. The fourth-order valence-electron chi connectivity index (χ4n) is 2.48. The SMILES string of the molecule is COc1c(Br)cc(F)c(C2CCNCC2)c1OC. The first-order valence-electron chi connectivity index (χ1n) is 5.99. The lowest BCUT2D eigenvalue weighted by atomic mass is 9.89. The van der Waals surface area contributed by atoms with E-state index in [-0.39, 0.29) is 11.7 Å². The van der Waals surface area contributed by atoms with Gasteiger partial charge >= 0.3 is 0 Å². The molecule has 3 nitrogen and oxygen atoms in total. The molecule has 1 N–H and O–H groups in total. The molecule has 0 aliphatic carbocycles. The van der Waals surface area contributed by atoms with Crippen molar-refractivity contribution in [2.75, 3.05) is 27.3 Å². The molecule has 0 unspecified atom stereocenters. The Bertz CT molecular complexity index is 433. The first-order chi connectivity index (χ1) is 8.69. The molecule has 1 aromatic rings. The van der Waals surface area contributed by atoms with Gasteiger partial charge in [-0.15, -0.1) is 0 Å². The highest BCUT2D eigenvalue weighted by atomic mass is 79.9. The molecule has 1 aliphatic rings. The highest BCUT2D eigenvalue weighted by Crippen LogP contribution is 2.44. The van der Waals surface area contributed by atoms with E-state index in [4.69, 9.17) is 9.47 Å². The van der Waals surface area contributed by atoms with Crippen LogP contribution in [0, 0.1) is 5.82 Å². The second-order valence-electron chi connectivity index (χ2n) is 4.34. The number of nitrogens with one attached hydrogen (secondary N) is 1. The Balaban J connectivity index is 2.49. The number of ether oxygens (including phenoxy) is 2. The Hall–Kier alpha value is -0.810. The molecule has 1 saturated heterocycles. The van der Waals surface area contributed by atoms with E-state index in [0.717, 1.165) is 25.9 Å². The summed E-state index contributed by atoms with van der Waals surface area (Å²) in [6, 6.07) is 1.46. The minimum atomic E-state index is -0.230. The molecular formula is C13H17BrFNO2. The molecule has 0 atom stereocenters. The van der Waals surface area contributed by atoms with Crippen LogP contribution in [0.25, 0.3) is 0 Å². The molecule has 0 spiro atoms. The Kier molecular flexibility index (Phi) is 4.45. The summed E-state index contributed by atoms with van der Waals surface area (Å²) in [5.74, 6) is 1.03. The lowest BCUT2D eigenvalue weighted by Gasteiger charge is -2.26. The van der Waals surface area contributed by atoms with Crippen molar-refractivity contribution in [3.05, 3.63) is 21.9 Å². The number of hydrogen-bond donors (Lipinski definition) is 1. The van der Waals surface area contributed by atoms with E-state index in [9.17, 15) is 4.39 Å². The predicted molar refractivity (Wildman–Crippen MR) is 72.0 cm³/mol. The van der Waals surface area contributed by atoms with E-state index in [1.54, 1.807) is 14.2 Å². The minimum absolute atomic E-state index is 0.184. The van der Waals surface area contributed by atoms with E-state index < -0.39 is 0 Å². The monoisotopic (exact) mass is 317 g/mol. The van der Waals surface area contributed by atoms with E-state index >= 15 is 0 Å². The van der Waals surface area contributed by atoms with Crippen LogP contribution in [0.2, 0.25) is 0 Å². The number of benzene rings is 1. The van der Waals surface area contributed by atoms with E-state index in [2.05, 4.69) is 21.2 Å². The molecule has 1 fully saturated rings. The molecule has 18 heavy (non-hydrogen) atoms. The fraction of sp³-hybridized carbons (Fsp3) is 0.538. The number of hydrogen-bond acceptors (Lipinski definition) is 3. The van der Waals surface area contributed by atoms with E-state index in [1.807, 2.05) is 0 Å². The largest absolute Gasteiger partial charge is 0.492 e. The van der Waals surface area contributed by atoms with Gasteiger partial charge in [0, 0.05) is 5.56 Å². The van der Waals surface area contributed by atoms with Gasteiger partial charge in [0.05, 0.1) is 18.7 Å². The molecule has 5 heteroatoms. The molecule has 0 aromatic heterocycles. The average Bonchev–Trinajstić information content (AvgIpc) is 2.38. The summed E-state index contributed by atoms with van der Waals surface area (Å²) in [6.45, 7) is 1.82. The van der Waals surface area contributed by atoms with Crippen molar-refractivity contribution in [3.8, 4) is 11.5 Å². The topological polar surface area (TPSA) is 30.5 Å². The number of rotatable bonds is 3. The van der Waals surface area contributed by atoms with Gasteiger partial charge < -0.3 is 14.8 Å².